The Hall–Kier alpha value is -3.62. The van der Waals surface area contributed by atoms with Gasteiger partial charge in [-0.05, 0) is 43.7 Å². The molecular weight excluding hydrogens is 678 g/mol. The maximum absolute atomic E-state index is 15.0. The number of thioether (sulfide) groups is 1. The first-order chi connectivity index (χ1) is 21.9. The van der Waals surface area contributed by atoms with Crippen molar-refractivity contribution in [3.63, 3.8) is 0 Å². The highest BCUT2D eigenvalue weighted by atomic mass is 35.5. The summed E-state index contributed by atoms with van der Waals surface area (Å²) in [7, 11) is -4.45. The second-order valence-electron chi connectivity index (χ2n) is 10.4. The minimum atomic E-state index is -4.45. The highest BCUT2D eigenvalue weighted by Crippen LogP contribution is 2.42. The highest BCUT2D eigenvalue weighted by molar-refractivity contribution is 7.99. The number of nitrogens with zero attached hydrogens (tertiary/aromatic N) is 3. The molecule has 2 heterocycles. The van der Waals surface area contributed by atoms with Gasteiger partial charge in [0.25, 0.3) is 16.0 Å². The Balaban J connectivity index is 1.26. The van der Waals surface area contributed by atoms with Crippen molar-refractivity contribution in [2.45, 2.75) is 31.2 Å². The molecule has 0 aliphatic carbocycles. The van der Waals surface area contributed by atoms with Gasteiger partial charge in [-0.2, -0.15) is 13.5 Å². The molecule has 0 fully saturated rings. The van der Waals surface area contributed by atoms with Crippen molar-refractivity contribution in [3.8, 4) is 16.9 Å². The third-order valence-corrected chi connectivity index (χ3v) is 9.60. The Labute approximate surface area is 279 Å². The minimum absolute atomic E-state index is 0.000965. The lowest BCUT2D eigenvalue weighted by atomic mass is 10.1. The van der Waals surface area contributed by atoms with E-state index in [1.165, 1.54) is 10.7 Å². The number of hydrogen-bond donors (Lipinski definition) is 2. The average Bonchev–Trinajstić information content (AvgIpc) is 3.49. The van der Waals surface area contributed by atoms with Crippen LogP contribution >= 0.6 is 35.0 Å². The quantitative estimate of drug-likeness (QED) is 0.139. The number of amides is 2. The number of hydrogen-bond acceptors (Lipinski definition) is 7. The van der Waals surface area contributed by atoms with E-state index in [-0.39, 0.29) is 28.6 Å². The van der Waals surface area contributed by atoms with Gasteiger partial charge in [0.1, 0.15) is 17.4 Å². The Kier molecular flexibility index (Phi) is 10.6. The number of aromatic nitrogens is 2. The van der Waals surface area contributed by atoms with Gasteiger partial charge in [-0.15, -0.1) is 11.8 Å². The van der Waals surface area contributed by atoms with Gasteiger partial charge in [0.2, 0.25) is 5.91 Å². The van der Waals surface area contributed by atoms with E-state index < -0.39 is 27.7 Å². The molecule has 5 rings (SSSR count). The van der Waals surface area contributed by atoms with Crippen LogP contribution in [-0.4, -0.2) is 59.3 Å². The summed E-state index contributed by atoms with van der Waals surface area (Å²) in [5, 5.41) is 6.94. The minimum Gasteiger partial charge on any atom is -0.493 e. The van der Waals surface area contributed by atoms with Crippen LogP contribution < -0.4 is 15.0 Å². The zero-order valence-corrected chi connectivity index (χ0v) is 27.6. The SMILES string of the molecule is Cc1c(Cl)cccc1OCCCC(=O)N1CCSc2c(-c3cnn(Cc4c(F)cc(C(=O)NCS(=O)(=O)O)cc4Cl)c3)cccc21. The molecule has 1 aliphatic heterocycles. The van der Waals surface area contributed by atoms with E-state index in [2.05, 4.69) is 5.10 Å². The standard InChI is InChI=1S/C31H29Cl2FN4O6S2/c1-19-24(32)6-3-8-28(19)44-11-4-9-29(39)38-10-12-45-30-22(5-2-7-27(30)38)21-15-36-37(16-21)17-23-25(33)13-20(14-26(23)34)31(40)35-18-46(41,42)43/h2-3,5-8,13-16H,4,9-12,17-18H2,1H3,(H,35,40)(H,41,42,43). The van der Waals surface area contributed by atoms with E-state index in [4.69, 9.17) is 32.5 Å². The van der Waals surface area contributed by atoms with Crippen LogP contribution in [0.25, 0.3) is 11.1 Å². The van der Waals surface area contributed by atoms with Crippen molar-refractivity contribution < 1.29 is 31.7 Å². The molecule has 4 aromatic rings. The van der Waals surface area contributed by atoms with Gasteiger partial charge in [0, 0.05) is 67.7 Å². The van der Waals surface area contributed by atoms with E-state index in [9.17, 15) is 18.0 Å². The molecule has 3 aromatic carbocycles. The first kappa shape index (κ1) is 33.7. The van der Waals surface area contributed by atoms with Gasteiger partial charge < -0.3 is 15.0 Å². The van der Waals surface area contributed by atoms with Gasteiger partial charge in [-0.1, -0.05) is 41.4 Å². The molecule has 0 saturated carbocycles. The zero-order chi connectivity index (χ0) is 33.0. The average molecular weight is 708 g/mol. The van der Waals surface area contributed by atoms with E-state index in [1.54, 1.807) is 35.1 Å². The number of fused-ring (bicyclic) bond motifs is 1. The second-order valence-corrected chi connectivity index (χ2v) is 13.8. The summed E-state index contributed by atoms with van der Waals surface area (Å²) in [5.74, 6) is -1.29. The van der Waals surface area contributed by atoms with Crippen molar-refractivity contribution in [2.75, 3.05) is 29.7 Å². The maximum Gasteiger partial charge on any atom is 0.283 e. The predicted octanol–water partition coefficient (Wildman–Crippen LogP) is 6.23. The number of carbonyl (C=O) groups is 2. The topological polar surface area (TPSA) is 131 Å². The first-order valence-electron chi connectivity index (χ1n) is 14.1. The normalized spacial score (nSPS) is 12.9. The smallest absolute Gasteiger partial charge is 0.283 e. The van der Waals surface area contributed by atoms with E-state index in [0.29, 0.717) is 42.5 Å². The Morgan fingerprint density at radius 2 is 1.93 bits per heavy atom. The third-order valence-electron chi connectivity index (χ3n) is 7.24. The molecule has 1 aromatic heterocycles. The van der Waals surface area contributed by atoms with Crippen LogP contribution in [0.1, 0.15) is 34.3 Å². The lowest BCUT2D eigenvalue weighted by molar-refractivity contribution is -0.118. The van der Waals surface area contributed by atoms with Gasteiger partial charge in [0.15, 0.2) is 0 Å². The molecule has 2 N–H and O–H groups in total. The van der Waals surface area contributed by atoms with Gasteiger partial charge >= 0.3 is 0 Å². The van der Waals surface area contributed by atoms with Gasteiger partial charge in [-0.3, -0.25) is 18.8 Å². The Morgan fingerprint density at radius 1 is 1.15 bits per heavy atom. The molecule has 46 heavy (non-hydrogen) atoms. The van der Waals surface area contributed by atoms with Crippen LogP contribution in [0.2, 0.25) is 10.0 Å². The number of rotatable bonds is 11. The number of carbonyl (C=O) groups excluding carboxylic acids is 2. The fraction of sp³-hybridized carbons (Fsp3) is 0.258. The summed E-state index contributed by atoms with van der Waals surface area (Å²) in [4.78, 5) is 28.2. The lowest BCUT2D eigenvalue weighted by Gasteiger charge is -2.30. The molecule has 2 amide bonds. The highest BCUT2D eigenvalue weighted by Gasteiger charge is 2.25. The van der Waals surface area contributed by atoms with Gasteiger partial charge in [-0.25, -0.2) is 4.39 Å². The number of anilines is 1. The van der Waals surface area contributed by atoms with Crippen molar-refractivity contribution in [3.05, 3.63) is 93.5 Å². The van der Waals surface area contributed by atoms with Crippen molar-refractivity contribution in [1.29, 1.82) is 0 Å². The Bertz CT molecular complexity index is 1880. The van der Waals surface area contributed by atoms with Gasteiger partial charge in [0.05, 0.1) is 25.0 Å². The molecule has 15 heteroatoms. The molecule has 242 valence electrons. The van der Waals surface area contributed by atoms with Crippen LogP contribution in [0.5, 0.6) is 5.75 Å². The van der Waals surface area contributed by atoms with Crippen LogP contribution in [0, 0.1) is 12.7 Å². The molecule has 0 spiro atoms. The fourth-order valence-corrected chi connectivity index (χ4v) is 6.81. The van der Waals surface area contributed by atoms with Crippen LogP contribution in [0.15, 0.2) is 65.8 Å². The molecule has 1 aliphatic rings. The van der Waals surface area contributed by atoms with Crippen LogP contribution in [-0.2, 0) is 21.5 Å². The number of ether oxygens (including phenoxy) is 1. The number of nitrogens with one attached hydrogen (secondary N) is 1. The van der Waals surface area contributed by atoms with E-state index in [1.807, 2.05) is 42.6 Å². The zero-order valence-electron chi connectivity index (χ0n) is 24.5. The maximum atomic E-state index is 15.0. The summed E-state index contributed by atoms with van der Waals surface area (Å²) in [6, 6.07) is 13.4. The van der Waals surface area contributed by atoms with Crippen LogP contribution in [0.4, 0.5) is 10.1 Å². The lowest BCUT2D eigenvalue weighted by Crippen LogP contribution is -2.35. The molecule has 0 atom stereocenters. The molecule has 0 unspecified atom stereocenters. The molecule has 10 nitrogen and oxygen atoms in total. The molecule has 0 radical (unpaired) electrons. The first-order valence-corrected chi connectivity index (χ1v) is 17.4. The molecule has 0 saturated heterocycles. The van der Waals surface area contributed by atoms with Crippen LogP contribution in [0.3, 0.4) is 0 Å². The number of benzene rings is 3. The second kappa shape index (κ2) is 14.4. The summed E-state index contributed by atoms with van der Waals surface area (Å²) < 4.78 is 53.0. The third kappa shape index (κ3) is 8.02. The van der Waals surface area contributed by atoms with Crippen molar-refractivity contribution in [1.82, 2.24) is 15.1 Å². The predicted molar refractivity (Wildman–Crippen MR) is 176 cm³/mol. The molecule has 0 bridgehead atoms. The van der Waals surface area contributed by atoms with E-state index in [0.717, 1.165) is 33.3 Å². The fourth-order valence-electron chi connectivity index (χ4n) is 4.91. The van der Waals surface area contributed by atoms with Crippen molar-refractivity contribution in [2.24, 2.45) is 0 Å². The van der Waals surface area contributed by atoms with E-state index >= 15 is 4.39 Å². The largest absolute Gasteiger partial charge is 0.493 e. The summed E-state index contributed by atoms with van der Waals surface area (Å²) in [5.41, 5.74) is 3.20. The summed E-state index contributed by atoms with van der Waals surface area (Å²) in [6.45, 7) is 2.81. The molecular formula is C31H29Cl2FN4O6S2. The summed E-state index contributed by atoms with van der Waals surface area (Å²) >= 11 is 14.1. The van der Waals surface area contributed by atoms with Crippen molar-refractivity contribution >= 4 is 62.6 Å². The summed E-state index contributed by atoms with van der Waals surface area (Å²) in [6.07, 6.45) is 4.26. The monoisotopic (exact) mass is 706 g/mol. The Morgan fingerprint density at radius 3 is 2.70 bits per heavy atom. The number of halogens is 3.